The van der Waals surface area contributed by atoms with Gasteiger partial charge in [0.05, 0.1) is 27.8 Å². The van der Waals surface area contributed by atoms with E-state index in [1.165, 1.54) is 24.3 Å². The van der Waals surface area contributed by atoms with Crippen LogP contribution >= 0.6 is 11.6 Å². The van der Waals surface area contributed by atoms with E-state index in [0.717, 1.165) is 12.1 Å². The number of alkyl halides is 3. The Morgan fingerprint density at radius 1 is 1.03 bits per heavy atom. The largest absolute Gasteiger partial charge is 0.494 e. The molecule has 1 amide bonds. The molecule has 0 bridgehead atoms. The molecule has 35 heavy (non-hydrogen) atoms. The van der Waals surface area contributed by atoms with Crippen molar-refractivity contribution in [2.24, 2.45) is 0 Å². The highest BCUT2D eigenvalue weighted by Gasteiger charge is 2.34. The van der Waals surface area contributed by atoms with Crippen LogP contribution in [0.4, 0.5) is 18.9 Å². The fourth-order valence-corrected chi connectivity index (χ4v) is 4.92. The fourth-order valence-electron chi connectivity index (χ4n) is 3.20. The minimum Gasteiger partial charge on any atom is -0.494 e. The number of sulfonamides is 1. The van der Waals surface area contributed by atoms with Crippen LogP contribution in [-0.4, -0.2) is 27.5 Å². The summed E-state index contributed by atoms with van der Waals surface area (Å²) in [5.41, 5.74) is -0.865. The van der Waals surface area contributed by atoms with Crippen molar-refractivity contribution < 1.29 is 31.1 Å². The van der Waals surface area contributed by atoms with Gasteiger partial charge in [-0.15, -0.1) is 0 Å². The number of benzene rings is 3. The molecule has 0 unspecified atom stereocenters. The molecular formula is C24H22ClF3N2O4S. The lowest BCUT2D eigenvalue weighted by Gasteiger charge is -2.26. The predicted octanol–water partition coefficient (Wildman–Crippen LogP) is 5.27. The number of halogens is 4. The first-order valence-electron chi connectivity index (χ1n) is 10.5. The third-order valence-electron chi connectivity index (χ3n) is 4.86. The van der Waals surface area contributed by atoms with Crippen molar-refractivity contribution in [2.45, 2.75) is 24.5 Å². The number of nitrogens with zero attached hydrogens (tertiary/aromatic N) is 1. The highest BCUT2D eigenvalue weighted by molar-refractivity contribution is 7.92. The van der Waals surface area contributed by atoms with Gasteiger partial charge in [0.25, 0.3) is 10.0 Å². The molecule has 11 heteroatoms. The second kappa shape index (κ2) is 11.0. The van der Waals surface area contributed by atoms with E-state index in [4.69, 9.17) is 16.3 Å². The van der Waals surface area contributed by atoms with E-state index in [1.807, 2.05) is 6.92 Å². The van der Waals surface area contributed by atoms with Crippen LogP contribution in [0.1, 0.15) is 18.1 Å². The van der Waals surface area contributed by atoms with E-state index in [2.05, 4.69) is 5.32 Å². The molecule has 0 spiro atoms. The SMILES string of the molecule is CCOc1cccc(CNC(=O)CN(c2cc(C(F)(F)F)ccc2Cl)S(=O)(=O)c2ccccc2)c1. The molecular weight excluding hydrogens is 505 g/mol. The zero-order valence-corrected chi connectivity index (χ0v) is 20.1. The first-order valence-corrected chi connectivity index (χ1v) is 12.3. The summed E-state index contributed by atoms with van der Waals surface area (Å²) in [5, 5.41) is 2.34. The Morgan fingerprint density at radius 3 is 2.40 bits per heavy atom. The van der Waals surface area contributed by atoms with Crippen LogP contribution in [0.25, 0.3) is 0 Å². The third kappa shape index (κ3) is 6.67. The number of ether oxygens (including phenoxy) is 1. The zero-order valence-electron chi connectivity index (χ0n) is 18.5. The molecule has 6 nitrogen and oxygen atoms in total. The molecule has 0 atom stereocenters. The smallest absolute Gasteiger partial charge is 0.416 e. The van der Waals surface area contributed by atoms with Crippen molar-refractivity contribution in [1.82, 2.24) is 5.32 Å². The molecule has 3 rings (SSSR count). The minimum atomic E-state index is -4.74. The summed E-state index contributed by atoms with van der Waals surface area (Å²) in [5.74, 6) is -0.136. The number of rotatable bonds is 9. The fraction of sp³-hybridized carbons (Fsp3) is 0.208. The average Bonchev–Trinajstić information content (AvgIpc) is 2.82. The molecule has 0 aliphatic carbocycles. The maximum atomic E-state index is 13.4. The van der Waals surface area contributed by atoms with Gasteiger partial charge in [0, 0.05) is 6.54 Å². The van der Waals surface area contributed by atoms with Crippen molar-refractivity contribution in [2.75, 3.05) is 17.5 Å². The van der Waals surface area contributed by atoms with Crippen LogP contribution in [0.15, 0.2) is 77.7 Å². The minimum absolute atomic E-state index is 0.0509. The van der Waals surface area contributed by atoms with Gasteiger partial charge >= 0.3 is 6.18 Å². The molecule has 0 aliphatic rings. The molecule has 0 fully saturated rings. The molecule has 0 heterocycles. The summed E-state index contributed by atoms with van der Waals surface area (Å²) >= 11 is 6.12. The van der Waals surface area contributed by atoms with Crippen LogP contribution in [-0.2, 0) is 27.5 Å². The van der Waals surface area contributed by atoms with Gasteiger partial charge < -0.3 is 10.1 Å². The summed E-state index contributed by atoms with van der Waals surface area (Å²) in [4.78, 5) is 12.6. The van der Waals surface area contributed by atoms with Crippen LogP contribution < -0.4 is 14.4 Å². The Bertz CT molecular complexity index is 1290. The first-order chi connectivity index (χ1) is 16.5. The number of hydrogen-bond acceptors (Lipinski definition) is 4. The van der Waals surface area contributed by atoms with E-state index in [-0.39, 0.29) is 16.5 Å². The van der Waals surface area contributed by atoms with Gasteiger partial charge in [-0.1, -0.05) is 41.9 Å². The van der Waals surface area contributed by atoms with Crippen molar-refractivity contribution >= 4 is 33.2 Å². The number of anilines is 1. The summed E-state index contributed by atoms with van der Waals surface area (Å²) in [6.45, 7) is 1.55. The summed E-state index contributed by atoms with van der Waals surface area (Å²) < 4.78 is 72.7. The van der Waals surface area contributed by atoms with Gasteiger partial charge in [-0.05, 0) is 55.0 Å². The van der Waals surface area contributed by atoms with Crippen LogP contribution in [0.5, 0.6) is 5.75 Å². The quantitative estimate of drug-likeness (QED) is 0.412. The van der Waals surface area contributed by atoms with Gasteiger partial charge in [0.2, 0.25) is 5.91 Å². The molecule has 0 aromatic heterocycles. The molecule has 3 aromatic rings. The van der Waals surface area contributed by atoms with Crippen molar-refractivity contribution in [1.29, 1.82) is 0 Å². The summed E-state index contributed by atoms with van der Waals surface area (Å²) in [6, 6.07) is 16.3. The second-order valence-corrected chi connectivity index (χ2v) is 9.62. The maximum absolute atomic E-state index is 13.4. The molecule has 0 radical (unpaired) electrons. The molecule has 0 saturated heterocycles. The number of nitrogens with one attached hydrogen (secondary N) is 1. The standard InChI is InChI=1S/C24H22ClF3N2O4S/c1-2-34-19-8-6-7-17(13-19)15-29-23(31)16-30(35(32,33)20-9-4-3-5-10-20)22-14-18(24(26,27)28)11-12-21(22)25/h3-14H,2,15-16H2,1H3,(H,29,31). The van der Waals surface area contributed by atoms with Gasteiger partial charge in [0.1, 0.15) is 12.3 Å². The monoisotopic (exact) mass is 526 g/mol. The third-order valence-corrected chi connectivity index (χ3v) is 6.95. The Hall–Kier alpha value is -3.24. The first kappa shape index (κ1) is 26.4. The van der Waals surface area contributed by atoms with E-state index >= 15 is 0 Å². The van der Waals surface area contributed by atoms with Crippen LogP contribution in [0, 0.1) is 0 Å². The Balaban J connectivity index is 1.93. The number of carbonyl (C=O) groups excluding carboxylic acids is 1. The average molecular weight is 527 g/mol. The van der Waals surface area contributed by atoms with Crippen molar-refractivity contribution in [3.63, 3.8) is 0 Å². The molecule has 1 N–H and O–H groups in total. The van der Waals surface area contributed by atoms with E-state index in [1.54, 1.807) is 30.3 Å². The lowest BCUT2D eigenvalue weighted by Crippen LogP contribution is -2.41. The molecule has 186 valence electrons. The molecule has 3 aromatic carbocycles. The van der Waals surface area contributed by atoms with E-state index < -0.39 is 39.9 Å². The van der Waals surface area contributed by atoms with Crippen LogP contribution in [0.2, 0.25) is 5.02 Å². The second-order valence-electron chi connectivity index (χ2n) is 7.35. The maximum Gasteiger partial charge on any atom is 0.416 e. The van der Waals surface area contributed by atoms with Gasteiger partial charge in [0.15, 0.2) is 0 Å². The summed E-state index contributed by atoms with van der Waals surface area (Å²) in [7, 11) is -4.43. The Kier molecular flexibility index (Phi) is 8.29. The topological polar surface area (TPSA) is 75.7 Å². The lowest BCUT2D eigenvalue weighted by molar-refractivity contribution is -0.137. The molecule has 0 aliphatic heterocycles. The lowest BCUT2D eigenvalue weighted by atomic mass is 10.2. The summed E-state index contributed by atoms with van der Waals surface area (Å²) in [6.07, 6.45) is -4.74. The van der Waals surface area contributed by atoms with Crippen LogP contribution in [0.3, 0.4) is 0 Å². The van der Waals surface area contributed by atoms with Crippen molar-refractivity contribution in [3.05, 3.63) is 88.9 Å². The van der Waals surface area contributed by atoms with E-state index in [9.17, 15) is 26.4 Å². The number of hydrogen-bond donors (Lipinski definition) is 1. The van der Waals surface area contributed by atoms with Crippen molar-refractivity contribution in [3.8, 4) is 5.75 Å². The zero-order chi connectivity index (χ0) is 25.6. The van der Waals surface area contributed by atoms with E-state index in [0.29, 0.717) is 28.3 Å². The predicted molar refractivity (Wildman–Crippen MR) is 127 cm³/mol. The van der Waals surface area contributed by atoms with Gasteiger partial charge in [-0.25, -0.2) is 8.42 Å². The van der Waals surface area contributed by atoms with Gasteiger partial charge in [-0.3, -0.25) is 9.10 Å². The number of amides is 1. The highest BCUT2D eigenvalue weighted by Crippen LogP contribution is 2.37. The Labute approximate surface area is 206 Å². The highest BCUT2D eigenvalue weighted by atomic mass is 35.5. The molecule has 0 saturated carbocycles. The number of carbonyl (C=O) groups is 1. The normalized spacial score (nSPS) is 11.7. The Morgan fingerprint density at radius 2 is 1.74 bits per heavy atom. The van der Waals surface area contributed by atoms with Gasteiger partial charge in [-0.2, -0.15) is 13.2 Å².